The van der Waals surface area contributed by atoms with Crippen molar-refractivity contribution < 1.29 is 5.11 Å². The van der Waals surface area contributed by atoms with Crippen molar-refractivity contribution >= 4 is 16.3 Å². The highest BCUT2D eigenvalue weighted by Gasteiger charge is 2.27. The van der Waals surface area contributed by atoms with E-state index < -0.39 is 5.60 Å². The van der Waals surface area contributed by atoms with Gasteiger partial charge in [-0.1, -0.05) is 60.7 Å². The Balaban J connectivity index is 1.52. The molecule has 3 heteroatoms. The molecule has 2 aromatic carbocycles. The lowest BCUT2D eigenvalue weighted by atomic mass is 9.93. The molecule has 1 aromatic heterocycles. The van der Waals surface area contributed by atoms with E-state index in [1.807, 2.05) is 49.6 Å². The number of fused-ring (bicyclic) bond motifs is 1. The van der Waals surface area contributed by atoms with Gasteiger partial charge >= 0.3 is 0 Å². The summed E-state index contributed by atoms with van der Waals surface area (Å²) >= 11 is 0. The number of benzene rings is 2. The molecule has 0 unspecified atom stereocenters. The van der Waals surface area contributed by atoms with Gasteiger partial charge in [-0.25, -0.2) is 0 Å². The van der Waals surface area contributed by atoms with Crippen LogP contribution in [0.1, 0.15) is 24.5 Å². The quantitative estimate of drug-likeness (QED) is 0.769. The Morgan fingerprint density at radius 2 is 1.81 bits per heavy atom. The second-order valence-corrected chi connectivity index (χ2v) is 7.26. The lowest BCUT2D eigenvalue weighted by Gasteiger charge is -2.34. The molecule has 0 saturated carbocycles. The average molecular weight is 344 g/mol. The predicted octanol–water partition coefficient (Wildman–Crippen LogP) is 4.23. The minimum atomic E-state index is -0.840. The van der Waals surface area contributed by atoms with Gasteiger partial charge in [0.05, 0.1) is 5.60 Å². The molecule has 1 N–H and O–H groups in total. The summed E-state index contributed by atoms with van der Waals surface area (Å²) in [6.07, 6.45) is 7.16. The minimum absolute atomic E-state index is 0.634. The van der Waals surface area contributed by atoms with E-state index in [0.717, 1.165) is 25.1 Å². The van der Waals surface area contributed by atoms with E-state index in [9.17, 15) is 5.11 Å². The fourth-order valence-electron chi connectivity index (χ4n) is 3.80. The van der Waals surface area contributed by atoms with Crippen molar-refractivity contribution in [2.24, 2.45) is 0 Å². The zero-order chi connectivity index (χ0) is 18.0. The molecule has 0 spiro atoms. The Bertz CT molecular complexity index is 926. The van der Waals surface area contributed by atoms with Crippen LogP contribution in [0.5, 0.6) is 0 Å². The van der Waals surface area contributed by atoms with Gasteiger partial charge in [0.2, 0.25) is 0 Å². The molecular weight excluding hydrogens is 320 g/mol. The van der Waals surface area contributed by atoms with Crippen LogP contribution in [0.2, 0.25) is 0 Å². The first kappa shape index (κ1) is 17.0. The second kappa shape index (κ2) is 7.02. The van der Waals surface area contributed by atoms with E-state index >= 15 is 0 Å². The maximum absolute atomic E-state index is 10.9. The van der Waals surface area contributed by atoms with Crippen LogP contribution in [0.4, 0.5) is 0 Å². The van der Waals surface area contributed by atoms with Crippen LogP contribution in [0.25, 0.3) is 16.3 Å². The molecule has 0 saturated heterocycles. The van der Waals surface area contributed by atoms with Crippen molar-refractivity contribution in [3.63, 3.8) is 0 Å². The summed E-state index contributed by atoms with van der Waals surface area (Å²) in [5.41, 5.74) is 2.71. The smallest absolute Gasteiger partial charge is 0.0994 e. The zero-order valence-corrected chi connectivity index (χ0v) is 15.1. The Morgan fingerprint density at radius 3 is 2.58 bits per heavy atom. The maximum Gasteiger partial charge on any atom is 0.0994 e. The van der Waals surface area contributed by atoms with Crippen LogP contribution in [0, 0.1) is 0 Å². The first-order valence-corrected chi connectivity index (χ1v) is 9.16. The van der Waals surface area contributed by atoms with Gasteiger partial charge in [0, 0.05) is 43.0 Å². The summed E-state index contributed by atoms with van der Waals surface area (Å²) in [4.78, 5) is 6.73. The van der Waals surface area contributed by atoms with E-state index in [-0.39, 0.29) is 0 Å². The standard InChI is InChI=1S/C23H24N2O/c1-23(26,20-8-3-2-4-9-20)17-25-13-11-18(12-14-25)22-16-24-15-19-7-5-6-10-21(19)22/h2-11,15-16,26H,12-14,17H2,1H3/t23-/m0/s1. The lowest BCUT2D eigenvalue weighted by molar-refractivity contribution is 0.0189. The fourth-order valence-corrected chi connectivity index (χ4v) is 3.80. The van der Waals surface area contributed by atoms with E-state index in [0.29, 0.717) is 6.54 Å². The van der Waals surface area contributed by atoms with Gasteiger partial charge in [-0.05, 0) is 29.9 Å². The number of nitrogens with zero attached hydrogens (tertiary/aromatic N) is 2. The molecular formula is C23H24N2O. The van der Waals surface area contributed by atoms with Gasteiger partial charge in [0.25, 0.3) is 0 Å². The SMILES string of the molecule is C[C@](O)(CN1CC=C(c2cncc3ccccc23)CC1)c1ccccc1. The third-order valence-electron chi connectivity index (χ3n) is 5.23. The molecule has 1 aliphatic heterocycles. The van der Waals surface area contributed by atoms with Crippen molar-refractivity contribution in [2.75, 3.05) is 19.6 Å². The number of aromatic nitrogens is 1. The number of pyridine rings is 1. The minimum Gasteiger partial charge on any atom is -0.384 e. The molecule has 0 amide bonds. The van der Waals surface area contributed by atoms with E-state index in [1.54, 1.807) is 0 Å². The highest BCUT2D eigenvalue weighted by molar-refractivity contribution is 5.93. The van der Waals surface area contributed by atoms with Crippen LogP contribution in [-0.4, -0.2) is 34.6 Å². The second-order valence-electron chi connectivity index (χ2n) is 7.26. The monoisotopic (exact) mass is 344 g/mol. The van der Waals surface area contributed by atoms with Crippen LogP contribution in [0.15, 0.2) is 73.1 Å². The predicted molar refractivity (Wildman–Crippen MR) is 107 cm³/mol. The van der Waals surface area contributed by atoms with Crippen LogP contribution in [0.3, 0.4) is 0 Å². The average Bonchev–Trinajstić information content (AvgIpc) is 2.69. The van der Waals surface area contributed by atoms with E-state index in [1.165, 1.54) is 21.9 Å². The molecule has 1 atom stereocenters. The third-order valence-corrected chi connectivity index (χ3v) is 5.23. The number of rotatable bonds is 4. The van der Waals surface area contributed by atoms with E-state index in [2.05, 4.69) is 40.2 Å². The maximum atomic E-state index is 10.9. The van der Waals surface area contributed by atoms with E-state index in [4.69, 9.17) is 0 Å². The Labute approximate surface area is 154 Å². The van der Waals surface area contributed by atoms with Crippen molar-refractivity contribution in [2.45, 2.75) is 18.9 Å². The molecule has 3 aromatic rings. The summed E-state index contributed by atoms with van der Waals surface area (Å²) in [5, 5.41) is 13.3. The van der Waals surface area contributed by atoms with Gasteiger partial charge in [-0.2, -0.15) is 0 Å². The summed E-state index contributed by atoms with van der Waals surface area (Å²) < 4.78 is 0. The first-order valence-electron chi connectivity index (χ1n) is 9.16. The summed E-state index contributed by atoms with van der Waals surface area (Å²) in [5.74, 6) is 0. The Morgan fingerprint density at radius 1 is 1.04 bits per heavy atom. The number of aliphatic hydroxyl groups is 1. The van der Waals surface area contributed by atoms with Gasteiger partial charge in [-0.3, -0.25) is 9.88 Å². The molecule has 1 aliphatic rings. The molecule has 2 heterocycles. The molecule has 0 bridgehead atoms. The molecule has 132 valence electrons. The topological polar surface area (TPSA) is 36.4 Å². The molecule has 0 radical (unpaired) electrons. The summed E-state index contributed by atoms with van der Waals surface area (Å²) in [7, 11) is 0. The number of hydrogen-bond donors (Lipinski definition) is 1. The van der Waals surface area contributed by atoms with Gasteiger partial charge in [0.15, 0.2) is 0 Å². The third kappa shape index (κ3) is 3.41. The first-order chi connectivity index (χ1) is 12.6. The molecule has 4 rings (SSSR count). The number of hydrogen-bond acceptors (Lipinski definition) is 3. The zero-order valence-electron chi connectivity index (χ0n) is 15.1. The van der Waals surface area contributed by atoms with Gasteiger partial charge in [0.1, 0.15) is 0 Å². The van der Waals surface area contributed by atoms with Crippen molar-refractivity contribution in [1.82, 2.24) is 9.88 Å². The van der Waals surface area contributed by atoms with Crippen LogP contribution < -0.4 is 0 Å². The van der Waals surface area contributed by atoms with Crippen LogP contribution in [-0.2, 0) is 5.60 Å². The fraction of sp³-hybridized carbons (Fsp3) is 0.261. The van der Waals surface area contributed by atoms with Gasteiger partial charge < -0.3 is 5.11 Å². The van der Waals surface area contributed by atoms with Gasteiger partial charge in [-0.15, -0.1) is 0 Å². The summed E-state index contributed by atoms with van der Waals surface area (Å²) in [6, 6.07) is 18.3. The highest BCUT2D eigenvalue weighted by Crippen LogP contribution is 2.29. The lowest BCUT2D eigenvalue weighted by Crippen LogP contribution is -2.40. The largest absolute Gasteiger partial charge is 0.384 e. The molecule has 3 nitrogen and oxygen atoms in total. The Kier molecular flexibility index (Phi) is 4.58. The Hall–Kier alpha value is -2.49. The highest BCUT2D eigenvalue weighted by atomic mass is 16.3. The number of β-amino-alcohol motifs (C(OH)–C–C–N with tert-alkyl or cyclic N) is 1. The summed E-state index contributed by atoms with van der Waals surface area (Å²) in [6.45, 7) is 4.32. The molecule has 0 aliphatic carbocycles. The van der Waals surface area contributed by atoms with Crippen molar-refractivity contribution in [1.29, 1.82) is 0 Å². The normalized spacial score (nSPS) is 17.7. The van der Waals surface area contributed by atoms with Crippen molar-refractivity contribution in [3.8, 4) is 0 Å². The molecule has 0 fully saturated rings. The molecule has 26 heavy (non-hydrogen) atoms. The van der Waals surface area contributed by atoms with Crippen LogP contribution >= 0.6 is 0 Å². The van der Waals surface area contributed by atoms with Crippen molar-refractivity contribution in [3.05, 3.63) is 84.2 Å².